The molecule has 0 radical (unpaired) electrons. The number of halogens is 3. The Labute approximate surface area is 153 Å². The van der Waals surface area contributed by atoms with Gasteiger partial charge in [0, 0.05) is 23.7 Å². The Balaban J connectivity index is 2.21. The zero-order valence-corrected chi connectivity index (χ0v) is 15.0. The minimum Gasteiger partial charge on any atom is -0.619 e. The van der Waals surface area contributed by atoms with Crippen molar-refractivity contribution >= 4 is 9.84 Å². The summed E-state index contributed by atoms with van der Waals surface area (Å²) in [5.74, 6) is -0.0808. The maximum atomic E-state index is 13.2. The van der Waals surface area contributed by atoms with Gasteiger partial charge in [0.05, 0.1) is 10.5 Å². The Morgan fingerprint density at radius 1 is 1.15 bits per heavy atom. The van der Waals surface area contributed by atoms with Crippen molar-refractivity contribution in [3.8, 4) is 17.1 Å². The molecule has 0 aliphatic rings. The summed E-state index contributed by atoms with van der Waals surface area (Å²) in [6.07, 6.45) is -0.433. The predicted molar refractivity (Wildman–Crippen MR) is 90.8 cm³/mol. The van der Waals surface area contributed by atoms with Crippen LogP contribution in [0.3, 0.4) is 0 Å². The lowest BCUT2D eigenvalue weighted by molar-refractivity contribution is -0.605. The molecular weight excluding hydrogens is 383 g/mol. The zero-order valence-electron chi connectivity index (χ0n) is 14.2. The summed E-state index contributed by atoms with van der Waals surface area (Å²) < 4.78 is 64.3. The van der Waals surface area contributed by atoms with E-state index >= 15 is 0 Å². The number of hydrogen-bond donors (Lipinski definition) is 0. The number of aromatic nitrogens is 3. The molecule has 0 saturated carbocycles. The quantitative estimate of drug-likeness (QED) is 0.503. The summed E-state index contributed by atoms with van der Waals surface area (Å²) in [6, 6.07) is 6.89. The van der Waals surface area contributed by atoms with Crippen molar-refractivity contribution < 1.29 is 26.3 Å². The fourth-order valence-corrected chi connectivity index (χ4v) is 3.22. The van der Waals surface area contributed by atoms with Gasteiger partial charge in [-0.25, -0.2) is 13.4 Å². The molecule has 0 N–H and O–H groups in total. The molecular formula is C17H14F3N3O3S. The number of rotatable bonds is 3. The molecule has 3 aromatic rings. The van der Waals surface area contributed by atoms with E-state index in [1.165, 1.54) is 41.1 Å². The fourth-order valence-electron chi connectivity index (χ4n) is 2.59. The first kappa shape index (κ1) is 18.9. The van der Waals surface area contributed by atoms with E-state index in [1.54, 1.807) is 6.92 Å². The number of imidazole rings is 1. The number of aryl methyl sites for hydroxylation is 1. The van der Waals surface area contributed by atoms with Gasteiger partial charge in [-0.05, 0) is 37.3 Å². The topological polar surface area (TPSA) is 78.9 Å². The van der Waals surface area contributed by atoms with E-state index in [9.17, 15) is 26.8 Å². The Hall–Kier alpha value is -2.88. The van der Waals surface area contributed by atoms with E-state index in [1.807, 2.05) is 0 Å². The average Bonchev–Trinajstić information content (AvgIpc) is 2.99. The first-order valence-corrected chi connectivity index (χ1v) is 9.52. The van der Waals surface area contributed by atoms with Crippen LogP contribution in [0.2, 0.25) is 0 Å². The lowest BCUT2D eigenvalue weighted by Gasteiger charge is -2.09. The second kappa shape index (κ2) is 6.38. The van der Waals surface area contributed by atoms with Crippen LogP contribution in [-0.4, -0.2) is 24.2 Å². The summed E-state index contributed by atoms with van der Waals surface area (Å²) >= 11 is 0. The molecule has 0 saturated heterocycles. The summed E-state index contributed by atoms with van der Waals surface area (Å²) in [4.78, 5) is 3.69. The van der Waals surface area contributed by atoms with E-state index in [-0.39, 0.29) is 22.0 Å². The second-order valence-electron chi connectivity index (χ2n) is 6.05. The highest BCUT2D eigenvalue weighted by Crippen LogP contribution is 2.32. The number of pyridine rings is 1. The maximum Gasteiger partial charge on any atom is 0.434 e. The third-order valence-electron chi connectivity index (χ3n) is 3.78. The van der Waals surface area contributed by atoms with E-state index in [0.29, 0.717) is 10.3 Å². The number of hydrogen-bond acceptors (Lipinski definition) is 4. The Bertz CT molecular complexity index is 1080. The van der Waals surface area contributed by atoms with Gasteiger partial charge in [0.2, 0.25) is 0 Å². The lowest BCUT2D eigenvalue weighted by atomic mass is 10.2. The molecule has 0 spiro atoms. The Kier molecular flexibility index (Phi) is 4.46. The first-order chi connectivity index (χ1) is 12.4. The van der Waals surface area contributed by atoms with Gasteiger partial charge in [0.15, 0.2) is 33.7 Å². The number of nitrogens with zero attached hydrogens (tertiary/aromatic N) is 3. The van der Waals surface area contributed by atoms with Gasteiger partial charge < -0.3 is 5.21 Å². The van der Waals surface area contributed by atoms with E-state index in [2.05, 4.69) is 4.98 Å². The molecule has 6 nitrogen and oxygen atoms in total. The van der Waals surface area contributed by atoms with Gasteiger partial charge >= 0.3 is 6.18 Å². The van der Waals surface area contributed by atoms with Crippen molar-refractivity contribution in [2.75, 3.05) is 6.26 Å². The van der Waals surface area contributed by atoms with Crippen LogP contribution in [0.1, 0.15) is 11.3 Å². The van der Waals surface area contributed by atoms with Crippen LogP contribution < -0.4 is 4.73 Å². The number of alkyl halides is 3. The summed E-state index contributed by atoms with van der Waals surface area (Å²) in [5, 5.41) is 11.7. The lowest BCUT2D eigenvalue weighted by Crippen LogP contribution is -2.25. The van der Waals surface area contributed by atoms with Crippen LogP contribution in [0.15, 0.2) is 53.8 Å². The molecule has 1 aromatic carbocycles. The summed E-state index contributed by atoms with van der Waals surface area (Å²) in [7, 11) is -3.44. The average molecular weight is 397 g/mol. The van der Waals surface area contributed by atoms with Gasteiger partial charge in [-0.1, -0.05) is 0 Å². The van der Waals surface area contributed by atoms with E-state index in [4.69, 9.17) is 0 Å². The molecule has 0 unspecified atom stereocenters. The van der Waals surface area contributed by atoms with Gasteiger partial charge in [0.1, 0.15) is 0 Å². The van der Waals surface area contributed by atoms with Crippen LogP contribution in [0.25, 0.3) is 17.1 Å². The number of sulfone groups is 1. The minimum atomic E-state index is -4.68. The van der Waals surface area contributed by atoms with Crippen molar-refractivity contribution in [2.24, 2.45) is 0 Å². The maximum absolute atomic E-state index is 13.2. The molecule has 0 fully saturated rings. The standard InChI is InChI=1S/C17H14F3N3O3S/c1-11-7-12(9-22(24)8-11)16-21-15(17(18,19)20)10-23(16)13-3-5-14(6-4-13)27(2,25)26/h3-10H,1-2H3. The number of benzene rings is 1. The Morgan fingerprint density at radius 3 is 2.30 bits per heavy atom. The molecule has 0 aliphatic carbocycles. The highest BCUT2D eigenvalue weighted by molar-refractivity contribution is 7.90. The van der Waals surface area contributed by atoms with E-state index in [0.717, 1.165) is 18.6 Å². The second-order valence-corrected chi connectivity index (χ2v) is 8.06. The monoisotopic (exact) mass is 397 g/mol. The molecule has 142 valence electrons. The van der Waals surface area contributed by atoms with Crippen LogP contribution in [0.5, 0.6) is 0 Å². The van der Waals surface area contributed by atoms with Gasteiger partial charge in [-0.3, -0.25) is 4.57 Å². The van der Waals surface area contributed by atoms with E-state index < -0.39 is 21.7 Å². The SMILES string of the molecule is Cc1cc(-c2nc(C(F)(F)F)cn2-c2ccc(S(C)(=O)=O)cc2)c[n+]([O-])c1. The van der Waals surface area contributed by atoms with Gasteiger partial charge in [-0.15, -0.1) is 0 Å². The van der Waals surface area contributed by atoms with Crippen molar-refractivity contribution in [1.82, 2.24) is 9.55 Å². The van der Waals surface area contributed by atoms with Crippen LogP contribution in [0, 0.1) is 12.1 Å². The molecule has 2 aromatic heterocycles. The molecule has 0 atom stereocenters. The molecule has 0 bridgehead atoms. The largest absolute Gasteiger partial charge is 0.619 e. The summed E-state index contributed by atoms with van der Waals surface area (Å²) in [5.41, 5.74) is -0.0891. The van der Waals surface area contributed by atoms with Crippen molar-refractivity contribution in [3.63, 3.8) is 0 Å². The van der Waals surface area contributed by atoms with Crippen LogP contribution >= 0.6 is 0 Å². The third-order valence-corrected chi connectivity index (χ3v) is 4.91. The van der Waals surface area contributed by atoms with Crippen molar-refractivity contribution in [2.45, 2.75) is 18.0 Å². The van der Waals surface area contributed by atoms with Crippen LogP contribution in [-0.2, 0) is 16.0 Å². The molecule has 0 aliphatic heterocycles. The molecule has 27 heavy (non-hydrogen) atoms. The van der Waals surface area contributed by atoms with Gasteiger partial charge in [0.25, 0.3) is 0 Å². The first-order valence-electron chi connectivity index (χ1n) is 7.63. The van der Waals surface area contributed by atoms with Crippen LogP contribution in [0.4, 0.5) is 13.2 Å². The predicted octanol–water partition coefficient (Wildman–Crippen LogP) is 2.90. The normalized spacial score (nSPS) is 12.3. The molecule has 3 rings (SSSR count). The Morgan fingerprint density at radius 2 is 1.78 bits per heavy atom. The highest BCUT2D eigenvalue weighted by atomic mass is 32.2. The third kappa shape index (κ3) is 3.95. The van der Waals surface area contributed by atoms with Gasteiger partial charge in [-0.2, -0.15) is 17.9 Å². The minimum absolute atomic E-state index is 0.0388. The molecule has 2 heterocycles. The molecule has 0 amide bonds. The fraction of sp³-hybridized carbons (Fsp3) is 0.176. The van der Waals surface area contributed by atoms with Crippen molar-refractivity contribution in [1.29, 1.82) is 0 Å². The van der Waals surface area contributed by atoms with Crippen molar-refractivity contribution in [3.05, 3.63) is 65.4 Å². The summed E-state index contributed by atoms with van der Waals surface area (Å²) in [6.45, 7) is 1.64. The smallest absolute Gasteiger partial charge is 0.434 e. The highest BCUT2D eigenvalue weighted by Gasteiger charge is 2.35. The molecule has 10 heteroatoms. The zero-order chi connectivity index (χ0) is 20.0.